The highest BCUT2D eigenvalue weighted by molar-refractivity contribution is 5.54. The number of nitrogens with one attached hydrogen (secondary N) is 1. The molecule has 0 unspecified atom stereocenters. The van der Waals surface area contributed by atoms with Crippen molar-refractivity contribution < 1.29 is 0 Å². The van der Waals surface area contributed by atoms with Crippen molar-refractivity contribution in [3.63, 3.8) is 0 Å². The molecule has 0 bridgehead atoms. The summed E-state index contributed by atoms with van der Waals surface area (Å²) in [5.41, 5.74) is 7.32. The molecule has 0 spiro atoms. The van der Waals surface area contributed by atoms with E-state index in [0.717, 1.165) is 24.3 Å². The van der Waals surface area contributed by atoms with E-state index >= 15 is 0 Å². The van der Waals surface area contributed by atoms with Crippen LogP contribution in [0.3, 0.4) is 0 Å². The molecule has 1 saturated carbocycles. The Bertz CT molecular complexity index is 383. The third kappa shape index (κ3) is 2.68. The second kappa shape index (κ2) is 4.90. The first-order valence-electron chi connectivity index (χ1n) is 6.48. The van der Waals surface area contributed by atoms with Gasteiger partial charge in [0.05, 0.1) is 0 Å². The number of nitrogens with two attached hydrogens (primary N) is 1. The molecule has 3 N–H and O–H groups in total. The number of anilines is 2. The summed E-state index contributed by atoms with van der Waals surface area (Å²) in [6.45, 7) is 5.41. The highest BCUT2D eigenvalue weighted by Crippen LogP contribution is 2.37. The van der Waals surface area contributed by atoms with Crippen LogP contribution in [0.15, 0.2) is 6.33 Å². The van der Waals surface area contributed by atoms with E-state index in [0.29, 0.717) is 11.2 Å². The molecule has 1 aliphatic rings. The second-order valence-electron chi connectivity index (χ2n) is 5.31. The van der Waals surface area contributed by atoms with Crippen LogP contribution in [0.1, 0.15) is 45.1 Å². The normalized spacial score (nSPS) is 18.2. The molecule has 1 fully saturated rings. The molecule has 0 radical (unpaired) electrons. The number of hydrogen-bond donors (Lipinski definition) is 2. The first kappa shape index (κ1) is 12.1. The molecule has 0 atom stereocenters. The number of nitrogens with zero attached hydrogens (tertiary/aromatic N) is 2. The molecule has 4 nitrogen and oxygen atoms in total. The van der Waals surface area contributed by atoms with Crippen molar-refractivity contribution in [2.24, 2.45) is 5.41 Å². The van der Waals surface area contributed by atoms with Crippen LogP contribution < -0.4 is 11.1 Å². The Labute approximate surface area is 103 Å². The quantitative estimate of drug-likeness (QED) is 0.840. The summed E-state index contributed by atoms with van der Waals surface area (Å²) in [5, 5.41) is 3.46. The van der Waals surface area contributed by atoms with Crippen molar-refractivity contribution in [3.8, 4) is 0 Å². The molecular formula is C13H22N4. The van der Waals surface area contributed by atoms with E-state index in [2.05, 4.69) is 29.1 Å². The van der Waals surface area contributed by atoms with E-state index in [9.17, 15) is 0 Å². The predicted octanol–water partition coefficient (Wildman–Crippen LogP) is 2.61. The Kier molecular flexibility index (Phi) is 3.50. The average molecular weight is 234 g/mol. The van der Waals surface area contributed by atoms with Gasteiger partial charge in [0.25, 0.3) is 0 Å². The Morgan fingerprint density at radius 2 is 2.06 bits per heavy atom. The van der Waals surface area contributed by atoms with Crippen LogP contribution in [-0.2, 0) is 6.42 Å². The lowest BCUT2D eigenvalue weighted by Crippen LogP contribution is -2.24. The van der Waals surface area contributed by atoms with Crippen LogP contribution in [0.4, 0.5) is 11.6 Å². The fourth-order valence-corrected chi connectivity index (χ4v) is 2.63. The first-order valence-corrected chi connectivity index (χ1v) is 6.48. The van der Waals surface area contributed by atoms with Crippen LogP contribution in [0.25, 0.3) is 0 Å². The van der Waals surface area contributed by atoms with Crippen molar-refractivity contribution in [2.75, 3.05) is 17.6 Å². The highest BCUT2D eigenvalue weighted by atomic mass is 15.0. The maximum absolute atomic E-state index is 5.86. The third-order valence-corrected chi connectivity index (χ3v) is 3.83. The molecular weight excluding hydrogens is 212 g/mol. The number of rotatable bonds is 4. The lowest BCUT2D eigenvalue weighted by atomic mass is 9.89. The predicted molar refractivity (Wildman–Crippen MR) is 70.9 cm³/mol. The summed E-state index contributed by atoms with van der Waals surface area (Å²) < 4.78 is 0. The highest BCUT2D eigenvalue weighted by Gasteiger charge is 2.28. The second-order valence-corrected chi connectivity index (χ2v) is 5.31. The molecule has 4 heteroatoms. The Morgan fingerprint density at radius 3 is 2.71 bits per heavy atom. The van der Waals surface area contributed by atoms with Gasteiger partial charge in [0.2, 0.25) is 0 Å². The largest absolute Gasteiger partial charge is 0.383 e. The van der Waals surface area contributed by atoms with Gasteiger partial charge in [-0.05, 0) is 24.7 Å². The summed E-state index contributed by atoms with van der Waals surface area (Å²) in [6, 6.07) is 0. The van der Waals surface area contributed by atoms with Crippen LogP contribution in [-0.4, -0.2) is 16.5 Å². The molecule has 0 aromatic carbocycles. The lowest BCUT2D eigenvalue weighted by Gasteiger charge is -2.24. The zero-order valence-electron chi connectivity index (χ0n) is 10.8. The fraction of sp³-hybridized carbons (Fsp3) is 0.692. The minimum absolute atomic E-state index is 0.421. The molecule has 94 valence electrons. The molecule has 0 amide bonds. The van der Waals surface area contributed by atoms with Gasteiger partial charge >= 0.3 is 0 Å². The smallest absolute Gasteiger partial charge is 0.134 e. The van der Waals surface area contributed by atoms with E-state index in [1.165, 1.54) is 32.0 Å². The average Bonchev–Trinajstić information content (AvgIpc) is 2.74. The molecule has 17 heavy (non-hydrogen) atoms. The van der Waals surface area contributed by atoms with Crippen molar-refractivity contribution >= 4 is 11.6 Å². The lowest BCUT2D eigenvalue weighted by molar-refractivity contribution is 0.361. The van der Waals surface area contributed by atoms with E-state index in [1.54, 1.807) is 0 Å². The number of aromatic nitrogens is 2. The molecule has 1 aromatic rings. The zero-order valence-corrected chi connectivity index (χ0v) is 10.8. The number of hydrogen-bond acceptors (Lipinski definition) is 4. The van der Waals surface area contributed by atoms with Gasteiger partial charge in [-0.25, -0.2) is 9.97 Å². The minimum Gasteiger partial charge on any atom is -0.383 e. The van der Waals surface area contributed by atoms with Crippen molar-refractivity contribution in [1.82, 2.24) is 9.97 Å². The molecule has 0 saturated heterocycles. The van der Waals surface area contributed by atoms with Gasteiger partial charge in [-0.3, -0.25) is 0 Å². The summed E-state index contributed by atoms with van der Waals surface area (Å²) in [6.07, 6.45) is 7.72. The zero-order chi connectivity index (χ0) is 12.3. The standard InChI is InChI=1S/C13H22N4/c1-3-10-11(14)16-9-17-12(10)15-8-13(2)6-4-5-7-13/h9H,3-8H2,1-2H3,(H3,14,15,16,17). The summed E-state index contributed by atoms with van der Waals surface area (Å²) in [4.78, 5) is 8.33. The Morgan fingerprint density at radius 1 is 1.35 bits per heavy atom. The maximum atomic E-state index is 5.86. The molecule has 1 aliphatic carbocycles. The topological polar surface area (TPSA) is 63.8 Å². The fourth-order valence-electron chi connectivity index (χ4n) is 2.63. The van der Waals surface area contributed by atoms with Crippen molar-refractivity contribution in [2.45, 2.75) is 46.0 Å². The van der Waals surface area contributed by atoms with Gasteiger partial charge in [-0.2, -0.15) is 0 Å². The van der Waals surface area contributed by atoms with E-state index in [4.69, 9.17) is 5.73 Å². The van der Waals surface area contributed by atoms with Crippen LogP contribution in [0.2, 0.25) is 0 Å². The Hall–Kier alpha value is -1.32. The summed E-state index contributed by atoms with van der Waals surface area (Å²) in [7, 11) is 0. The summed E-state index contributed by atoms with van der Waals surface area (Å²) in [5.74, 6) is 1.51. The van der Waals surface area contributed by atoms with E-state index in [1.807, 2.05) is 0 Å². The number of nitrogen functional groups attached to an aromatic ring is 1. The van der Waals surface area contributed by atoms with E-state index in [-0.39, 0.29) is 0 Å². The van der Waals surface area contributed by atoms with Crippen LogP contribution in [0.5, 0.6) is 0 Å². The monoisotopic (exact) mass is 234 g/mol. The SMILES string of the molecule is CCc1c(N)ncnc1NCC1(C)CCCC1. The minimum atomic E-state index is 0.421. The van der Waals surface area contributed by atoms with Crippen molar-refractivity contribution in [1.29, 1.82) is 0 Å². The van der Waals surface area contributed by atoms with Gasteiger partial charge < -0.3 is 11.1 Å². The summed E-state index contributed by atoms with van der Waals surface area (Å²) >= 11 is 0. The van der Waals surface area contributed by atoms with Gasteiger partial charge in [0, 0.05) is 12.1 Å². The third-order valence-electron chi connectivity index (χ3n) is 3.83. The van der Waals surface area contributed by atoms with Crippen LogP contribution >= 0.6 is 0 Å². The van der Waals surface area contributed by atoms with Gasteiger partial charge in [-0.1, -0.05) is 26.7 Å². The maximum Gasteiger partial charge on any atom is 0.134 e. The molecule has 1 heterocycles. The Balaban J connectivity index is 2.06. The molecule has 1 aromatic heterocycles. The molecule has 0 aliphatic heterocycles. The van der Waals surface area contributed by atoms with Gasteiger partial charge in [0.1, 0.15) is 18.0 Å². The van der Waals surface area contributed by atoms with E-state index < -0.39 is 0 Å². The van der Waals surface area contributed by atoms with Gasteiger partial charge in [0.15, 0.2) is 0 Å². The first-order chi connectivity index (χ1) is 8.14. The molecule has 2 rings (SSSR count). The van der Waals surface area contributed by atoms with Crippen LogP contribution in [0, 0.1) is 5.41 Å². The van der Waals surface area contributed by atoms with Gasteiger partial charge in [-0.15, -0.1) is 0 Å². The van der Waals surface area contributed by atoms with Crippen molar-refractivity contribution in [3.05, 3.63) is 11.9 Å².